The van der Waals surface area contributed by atoms with Crippen LogP contribution in [0.25, 0.3) is 0 Å². The Morgan fingerprint density at radius 1 is 1.08 bits per heavy atom. The molecule has 4 rings (SSSR count). The molecule has 0 N–H and O–H groups in total. The fourth-order valence-electron chi connectivity index (χ4n) is 3.86. The van der Waals surface area contributed by atoms with E-state index in [1.54, 1.807) is 12.1 Å². The molecule has 130 valence electrons. The number of carbonyl (C=O) groups excluding carboxylic acids is 1. The second-order valence-corrected chi connectivity index (χ2v) is 8.69. The Labute approximate surface area is 147 Å². The Morgan fingerprint density at radius 2 is 1.84 bits per heavy atom. The summed E-state index contributed by atoms with van der Waals surface area (Å²) in [5, 5.41) is 0. The van der Waals surface area contributed by atoms with Crippen LogP contribution < -0.4 is 9.21 Å². The molecule has 0 spiro atoms. The lowest BCUT2D eigenvalue weighted by Crippen LogP contribution is -2.35. The van der Waals surface area contributed by atoms with Crippen molar-refractivity contribution >= 4 is 27.3 Å². The van der Waals surface area contributed by atoms with Crippen LogP contribution in [0.2, 0.25) is 0 Å². The topological polar surface area (TPSA) is 57.7 Å². The van der Waals surface area contributed by atoms with Gasteiger partial charge in [-0.2, -0.15) is 0 Å². The number of nitrogens with zero attached hydrogens (tertiary/aromatic N) is 2. The molecule has 0 radical (unpaired) electrons. The summed E-state index contributed by atoms with van der Waals surface area (Å²) in [4.78, 5) is 14.9. The van der Waals surface area contributed by atoms with Gasteiger partial charge in [-0.15, -0.1) is 0 Å². The van der Waals surface area contributed by atoms with Crippen LogP contribution in [0, 0.1) is 0 Å². The van der Waals surface area contributed by atoms with Gasteiger partial charge in [0.25, 0.3) is 5.91 Å². The molecule has 0 bridgehead atoms. The van der Waals surface area contributed by atoms with Crippen molar-refractivity contribution in [1.29, 1.82) is 0 Å². The molecule has 2 aromatic carbocycles. The van der Waals surface area contributed by atoms with Gasteiger partial charge in [0, 0.05) is 23.8 Å². The molecule has 0 aliphatic carbocycles. The second-order valence-electron chi connectivity index (χ2n) is 6.79. The number of hydrogen-bond acceptors (Lipinski definition) is 3. The smallest absolute Gasteiger partial charge is 0.258 e. The predicted molar refractivity (Wildman–Crippen MR) is 98.8 cm³/mol. The van der Waals surface area contributed by atoms with Crippen molar-refractivity contribution in [2.45, 2.75) is 25.8 Å². The lowest BCUT2D eigenvalue weighted by atomic mass is 10.1. The molecule has 0 saturated heterocycles. The highest BCUT2D eigenvalue weighted by molar-refractivity contribution is 7.92. The zero-order chi connectivity index (χ0) is 17.8. The van der Waals surface area contributed by atoms with E-state index in [0.29, 0.717) is 24.2 Å². The van der Waals surface area contributed by atoms with Crippen molar-refractivity contribution in [3.05, 3.63) is 59.2 Å². The normalized spacial score (nSPS) is 19.0. The molecule has 0 unspecified atom stereocenters. The highest BCUT2D eigenvalue weighted by atomic mass is 32.2. The third-order valence-electron chi connectivity index (χ3n) is 5.01. The minimum atomic E-state index is -3.28. The summed E-state index contributed by atoms with van der Waals surface area (Å²) in [7, 11) is -3.28. The third kappa shape index (κ3) is 2.61. The number of amides is 1. The highest BCUT2D eigenvalue weighted by Gasteiger charge is 2.32. The van der Waals surface area contributed by atoms with E-state index < -0.39 is 10.0 Å². The lowest BCUT2D eigenvalue weighted by molar-refractivity contribution is 0.0981. The predicted octanol–water partition coefficient (Wildman–Crippen LogP) is 2.60. The van der Waals surface area contributed by atoms with Gasteiger partial charge >= 0.3 is 0 Å². The zero-order valence-corrected chi connectivity index (χ0v) is 15.1. The van der Waals surface area contributed by atoms with Gasteiger partial charge in [-0.1, -0.05) is 18.2 Å². The molecular formula is C19H20N2O3S. The fourth-order valence-corrected chi connectivity index (χ4v) is 4.82. The lowest BCUT2D eigenvalue weighted by Gasteiger charge is -2.23. The number of carbonyl (C=O) groups is 1. The maximum atomic E-state index is 13.1. The molecule has 5 nitrogen and oxygen atoms in total. The largest absolute Gasteiger partial charge is 0.305 e. The first-order valence-electron chi connectivity index (χ1n) is 8.38. The van der Waals surface area contributed by atoms with Gasteiger partial charge in [-0.05, 0) is 55.2 Å². The van der Waals surface area contributed by atoms with E-state index in [1.165, 1.54) is 16.1 Å². The van der Waals surface area contributed by atoms with Crippen molar-refractivity contribution in [1.82, 2.24) is 0 Å². The maximum absolute atomic E-state index is 13.1. The quantitative estimate of drug-likeness (QED) is 0.831. The standard InChI is InChI=1S/C19H20N2O3S/c1-13-11-14-5-3-4-6-18(14)21(13)19(22)16-7-8-17-15(12-16)9-10-20(17)25(2,23)24/h3-8,12-13H,9-11H2,1-2H3/t13-/m1/s1. The Balaban J connectivity index is 1.69. The highest BCUT2D eigenvalue weighted by Crippen LogP contribution is 2.35. The molecule has 2 aliphatic heterocycles. The van der Waals surface area contributed by atoms with E-state index in [9.17, 15) is 13.2 Å². The van der Waals surface area contributed by atoms with E-state index in [0.717, 1.165) is 17.7 Å². The second kappa shape index (κ2) is 5.59. The Morgan fingerprint density at radius 3 is 2.60 bits per heavy atom. The number of benzene rings is 2. The van der Waals surface area contributed by atoms with E-state index in [2.05, 4.69) is 13.0 Å². The Kier molecular flexibility index (Phi) is 3.61. The van der Waals surface area contributed by atoms with Crippen LogP contribution in [-0.2, 0) is 22.9 Å². The van der Waals surface area contributed by atoms with Crippen molar-refractivity contribution in [2.24, 2.45) is 0 Å². The van der Waals surface area contributed by atoms with Crippen LogP contribution in [-0.4, -0.2) is 33.2 Å². The van der Waals surface area contributed by atoms with Gasteiger partial charge in [-0.3, -0.25) is 9.10 Å². The summed E-state index contributed by atoms with van der Waals surface area (Å²) < 4.78 is 25.1. The first kappa shape index (κ1) is 16.1. The molecule has 0 saturated carbocycles. The van der Waals surface area contributed by atoms with Crippen LogP contribution in [0.3, 0.4) is 0 Å². The molecule has 1 atom stereocenters. The molecule has 25 heavy (non-hydrogen) atoms. The van der Waals surface area contributed by atoms with Gasteiger partial charge in [0.2, 0.25) is 10.0 Å². The summed E-state index contributed by atoms with van der Waals surface area (Å²) in [5.41, 5.74) is 4.37. The van der Waals surface area contributed by atoms with Gasteiger partial charge in [0.15, 0.2) is 0 Å². The molecule has 2 aromatic rings. The number of rotatable bonds is 2. The van der Waals surface area contributed by atoms with Gasteiger partial charge in [0.05, 0.1) is 11.9 Å². The first-order valence-corrected chi connectivity index (χ1v) is 10.2. The first-order chi connectivity index (χ1) is 11.9. The molecule has 0 fully saturated rings. The SMILES string of the molecule is C[C@@H]1Cc2ccccc2N1C(=O)c1ccc2c(c1)CCN2S(C)(=O)=O. The molecule has 2 aliphatic rings. The van der Waals surface area contributed by atoms with Crippen LogP contribution in [0.5, 0.6) is 0 Å². The van der Waals surface area contributed by atoms with Gasteiger partial charge in [0.1, 0.15) is 0 Å². The van der Waals surface area contributed by atoms with E-state index in [1.807, 2.05) is 29.2 Å². The number of hydrogen-bond donors (Lipinski definition) is 0. The van der Waals surface area contributed by atoms with Crippen LogP contribution in [0.4, 0.5) is 11.4 Å². The van der Waals surface area contributed by atoms with Crippen molar-refractivity contribution in [2.75, 3.05) is 22.0 Å². The number of anilines is 2. The number of sulfonamides is 1. The van der Waals surface area contributed by atoms with Crippen molar-refractivity contribution < 1.29 is 13.2 Å². The monoisotopic (exact) mass is 356 g/mol. The maximum Gasteiger partial charge on any atom is 0.258 e. The van der Waals surface area contributed by atoms with E-state index in [4.69, 9.17) is 0 Å². The summed E-state index contributed by atoms with van der Waals surface area (Å²) in [6.45, 7) is 2.49. The minimum absolute atomic E-state index is 0.0296. The third-order valence-corrected chi connectivity index (χ3v) is 6.19. The summed E-state index contributed by atoms with van der Waals surface area (Å²) in [6.07, 6.45) is 2.70. The zero-order valence-electron chi connectivity index (χ0n) is 14.3. The van der Waals surface area contributed by atoms with Crippen LogP contribution in [0.15, 0.2) is 42.5 Å². The summed E-state index contributed by atoms with van der Waals surface area (Å²) >= 11 is 0. The van der Waals surface area contributed by atoms with Gasteiger partial charge in [-0.25, -0.2) is 8.42 Å². The molecule has 0 aromatic heterocycles. The Bertz CT molecular complexity index is 968. The van der Waals surface area contributed by atoms with E-state index >= 15 is 0 Å². The number of para-hydroxylation sites is 1. The molecular weight excluding hydrogens is 336 g/mol. The van der Waals surface area contributed by atoms with Crippen LogP contribution >= 0.6 is 0 Å². The molecule has 6 heteroatoms. The van der Waals surface area contributed by atoms with Gasteiger partial charge < -0.3 is 4.90 Å². The average Bonchev–Trinajstić information content (AvgIpc) is 3.13. The average molecular weight is 356 g/mol. The Hall–Kier alpha value is -2.34. The fraction of sp³-hybridized carbons (Fsp3) is 0.316. The minimum Gasteiger partial charge on any atom is -0.305 e. The number of fused-ring (bicyclic) bond motifs is 2. The summed E-state index contributed by atoms with van der Waals surface area (Å²) in [5.74, 6) is -0.0296. The van der Waals surface area contributed by atoms with Crippen molar-refractivity contribution in [3.63, 3.8) is 0 Å². The van der Waals surface area contributed by atoms with E-state index in [-0.39, 0.29) is 11.9 Å². The van der Waals surface area contributed by atoms with Crippen molar-refractivity contribution in [3.8, 4) is 0 Å². The summed E-state index contributed by atoms with van der Waals surface area (Å²) in [6, 6.07) is 13.4. The molecule has 2 heterocycles. The molecule has 1 amide bonds. The van der Waals surface area contributed by atoms with Crippen LogP contribution in [0.1, 0.15) is 28.4 Å².